The number of likely N-dealkylation sites (N-methyl/N-ethyl adjacent to an activating group) is 1. The summed E-state index contributed by atoms with van der Waals surface area (Å²) in [5, 5.41) is 3.52. The number of hydrogen-bond donors (Lipinski definition) is 1. The standard InChI is InChI=1S/C22H27Br2N3/c1-26(15-17-10-20(23)12-21(24)11-17)16-22(27-8-6-25-7-9-27)13-18-4-2-3-5-19(18)14-22/h2-5,10-12,25H,6-9,13-16H2,1H3. The fourth-order valence-electron chi connectivity index (χ4n) is 4.82. The SMILES string of the molecule is CN(Cc1cc(Br)cc(Br)c1)CC1(N2CCNCC2)Cc2ccccc2C1. The van der Waals surface area contributed by atoms with Crippen molar-refractivity contribution in [3.63, 3.8) is 0 Å². The van der Waals surface area contributed by atoms with Gasteiger partial charge in [0, 0.05) is 53.8 Å². The predicted octanol–water partition coefficient (Wildman–Crippen LogP) is 4.09. The van der Waals surface area contributed by atoms with Crippen molar-refractivity contribution < 1.29 is 0 Å². The lowest BCUT2D eigenvalue weighted by Crippen LogP contribution is -2.61. The molecule has 0 spiro atoms. The third kappa shape index (κ3) is 4.48. The molecule has 1 fully saturated rings. The van der Waals surface area contributed by atoms with Gasteiger partial charge < -0.3 is 10.2 Å². The number of nitrogens with one attached hydrogen (secondary N) is 1. The van der Waals surface area contributed by atoms with Crippen molar-refractivity contribution in [1.29, 1.82) is 0 Å². The molecular formula is C22H27Br2N3. The Morgan fingerprint density at radius 2 is 1.59 bits per heavy atom. The smallest absolute Gasteiger partial charge is 0.0418 e. The van der Waals surface area contributed by atoms with Crippen molar-refractivity contribution in [2.24, 2.45) is 0 Å². The van der Waals surface area contributed by atoms with Crippen LogP contribution in [0.3, 0.4) is 0 Å². The monoisotopic (exact) mass is 491 g/mol. The summed E-state index contributed by atoms with van der Waals surface area (Å²) >= 11 is 7.24. The molecule has 27 heavy (non-hydrogen) atoms. The first-order valence-electron chi connectivity index (χ1n) is 9.70. The molecule has 0 unspecified atom stereocenters. The molecule has 2 aromatic carbocycles. The van der Waals surface area contributed by atoms with Gasteiger partial charge in [-0.15, -0.1) is 0 Å². The Morgan fingerprint density at radius 3 is 2.19 bits per heavy atom. The topological polar surface area (TPSA) is 18.5 Å². The molecule has 0 bridgehead atoms. The number of hydrogen-bond acceptors (Lipinski definition) is 3. The maximum atomic E-state index is 3.62. The summed E-state index contributed by atoms with van der Waals surface area (Å²) in [6.07, 6.45) is 2.32. The molecule has 1 heterocycles. The summed E-state index contributed by atoms with van der Waals surface area (Å²) in [7, 11) is 2.27. The van der Waals surface area contributed by atoms with E-state index in [1.165, 1.54) is 16.7 Å². The van der Waals surface area contributed by atoms with Crippen LogP contribution in [-0.2, 0) is 19.4 Å². The van der Waals surface area contributed by atoms with Crippen LogP contribution in [0.2, 0.25) is 0 Å². The summed E-state index contributed by atoms with van der Waals surface area (Å²) in [6, 6.07) is 15.6. The lowest BCUT2D eigenvalue weighted by molar-refractivity contribution is 0.0486. The van der Waals surface area contributed by atoms with Crippen LogP contribution in [0.1, 0.15) is 16.7 Å². The van der Waals surface area contributed by atoms with E-state index in [-0.39, 0.29) is 5.54 Å². The van der Waals surface area contributed by atoms with Gasteiger partial charge in [0.15, 0.2) is 0 Å². The van der Waals surface area contributed by atoms with Gasteiger partial charge in [0.2, 0.25) is 0 Å². The van der Waals surface area contributed by atoms with E-state index in [4.69, 9.17) is 0 Å². The number of rotatable bonds is 5. The van der Waals surface area contributed by atoms with Crippen molar-refractivity contribution in [2.45, 2.75) is 24.9 Å². The first kappa shape index (κ1) is 19.6. The molecule has 4 rings (SSSR count). The van der Waals surface area contributed by atoms with Gasteiger partial charge in [0.05, 0.1) is 0 Å². The Hall–Kier alpha value is -0.720. The number of fused-ring (bicyclic) bond motifs is 1. The lowest BCUT2D eigenvalue weighted by Gasteiger charge is -2.45. The molecule has 1 aliphatic heterocycles. The largest absolute Gasteiger partial charge is 0.314 e. The molecule has 3 nitrogen and oxygen atoms in total. The number of benzene rings is 2. The van der Waals surface area contributed by atoms with E-state index in [1.54, 1.807) is 0 Å². The van der Waals surface area contributed by atoms with Gasteiger partial charge in [-0.1, -0.05) is 56.1 Å². The van der Waals surface area contributed by atoms with Gasteiger partial charge in [-0.05, 0) is 54.8 Å². The minimum Gasteiger partial charge on any atom is -0.314 e. The van der Waals surface area contributed by atoms with Crippen LogP contribution in [0, 0.1) is 0 Å². The molecule has 0 aromatic heterocycles. The molecule has 1 saturated heterocycles. The predicted molar refractivity (Wildman–Crippen MR) is 119 cm³/mol. The molecule has 0 radical (unpaired) electrons. The summed E-state index contributed by atoms with van der Waals surface area (Å²) in [6.45, 7) is 6.53. The number of nitrogens with zero attached hydrogens (tertiary/aromatic N) is 2. The van der Waals surface area contributed by atoms with Crippen LogP contribution in [-0.4, -0.2) is 55.1 Å². The average molecular weight is 493 g/mol. The molecule has 0 saturated carbocycles. The van der Waals surface area contributed by atoms with Crippen molar-refractivity contribution in [3.05, 3.63) is 68.1 Å². The van der Waals surface area contributed by atoms with Gasteiger partial charge in [-0.25, -0.2) is 0 Å². The van der Waals surface area contributed by atoms with Crippen molar-refractivity contribution in [3.8, 4) is 0 Å². The van der Waals surface area contributed by atoms with E-state index in [2.05, 4.69) is 96.5 Å². The number of piperazine rings is 1. The zero-order valence-electron chi connectivity index (χ0n) is 15.8. The second kappa shape index (κ2) is 8.34. The second-order valence-electron chi connectivity index (χ2n) is 8.03. The molecule has 2 aliphatic rings. The van der Waals surface area contributed by atoms with E-state index in [0.717, 1.165) is 61.1 Å². The highest BCUT2D eigenvalue weighted by Gasteiger charge is 2.43. The molecule has 0 atom stereocenters. The third-order valence-electron chi connectivity index (χ3n) is 5.88. The summed E-state index contributed by atoms with van der Waals surface area (Å²) < 4.78 is 2.26. The summed E-state index contributed by atoms with van der Waals surface area (Å²) in [5.41, 5.74) is 4.62. The van der Waals surface area contributed by atoms with Gasteiger partial charge in [0.25, 0.3) is 0 Å². The molecule has 1 aliphatic carbocycles. The Bertz CT molecular complexity index is 757. The van der Waals surface area contributed by atoms with Gasteiger partial charge >= 0.3 is 0 Å². The average Bonchev–Trinajstić information content (AvgIpc) is 3.00. The molecular weight excluding hydrogens is 466 g/mol. The normalized spacial score (nSPS) is 19.4. The van der Waals surface area contributed by atoms with Crippen molar-refractivity contribution >= 4 is 31.9 Å². The van der Waals surface area contributed by atoms with Crippen molar-refractivity contribution in [1.82, 2.24) is 15.1 Å². The van der Waals surface area contributed by atoms with Gasteiger partial charge in [0.1, 0.15) is 0 Å². The van der Waals surface area contributed by atoms with E-state index in [1.807, 2.05) is 0 Å². The lowest BCUT2D eigenvalue weighted by atomic mass is 9.91. The van der Waals surface area contributed by atoms with Gasteiger partial charge in [-0.3, -0.25) is 4.90 Å². The summed E-state index contributed by atoms with van der Waals surface area (Å²) in [5.74, 6) is 0. The molecule has 144 valence electrons. The van der Waals surface area contributed by atoms with Crippen molar-refractivity contribution in [2.75, 3.05) is 39.8 Å². The Kier molecular flexibility index (Phi) is 6.05. The van der Waals surface area contributed by atoms with Crippen LogP contribution in [0.5, 0.6) is 0 Å². The minimum absolute atomic E-state index is 0.212. The quantitative estimate of drug-likeness (QED) is 0.678. The Labute approximate surface area is 179 Å². The second-order valence-corrected chi connectivity index (χ2v) is 9.86. The van der Waals surface area contributed by atoms with Crippen LogP contribution in [0.25, 0.3) is 0 Å². The van der Waals surface area contributed by atoms with Crippen LogP contribution < -0.4 is 5.32 Å². The van der Waals surface area contributed by atoms with Crippen LogP contribution in [0.15, 0.2) is 51.4 Å². The van der Waals surface area contributed by atoms with Crippen LogP contribution >= 0.6 is 31.9 Å². The number of halogens is 2. The fourth-order valence-corrected chi connectivity index (χ4v) is 6.21. The molecule has 0 amide bonds. The highest BCUT2D eigenvalue weighted by Crippen LogP contribution is 2.36. The highest BCUT2D eigenvalue weighted by molar-refractivity contribution is 9.11. The van der Waals surface area contributed by atoms with Gasteiger partial charge in [-0.2, -0.15) is 0 Å². The molecule has 1 N–H and O–H groups in total. The maximum absolute atomic E-state index is 3.62. The molecule has 5 heteroatoms. The van der Waals surface area contributed by atoms with E-state index in [9.17, 15) is 0 Å². The first-order chi connectivity index (χ1) is 13.0. The Balaban J connectivity index is 1.54. The minimum atomic E-state index is 0.212. The van der Waals surface area contributed by atoms with E-state index < -0.39 is 0 Å². The molecule has 2 aromatic rings. The van der Waals surface area contributed by atoms with Crippen LogP contribution in [0.4, 0.5) is 0 Å². The highest BCUT2D eigenvalue weighted by atomic mass is 79.9. The summed E-state index contributed by atoms with van der Waals surface area (Å²) in [4.78, 5) is 5.25. The zero-order chi connectivity index (χ0) is 18.9. The third-order valence-corrected chi connectivity index (χ3v) is 6.80. The fraction of sp³-hybridized carbons (Fsp3) is 0.455. The maximum Gasteiger partial charge on any atom is 0.0418 e. The van der Waals surface area contributed by atoms with E-state index in [0.29, 0.717) is 0 Å². The Morgan fingerprint density at radius 1 is 1.00 bits per heavy atom. The zero-order valence-corrected chi connectivity index (χ0v) is 19.0. The first-order valence-corrected chi connectivity index (χ1v) is 11.3. The van der Waals surface area contributed by atoms with E-state index >= 15 is 0 Å².